The normalized spacial score (nSPS) is 11.1. The highest BCUT2D eigenvalue weighted by Crippen LogP contribution is 2.32. The van der Waals surface area contributed by atoms with E-state index in [1.165, 1.54) is 30.3 Å². The van der Waals surface area contributed by atoms with Gasteiger partial charge < -0.3 is 9.14 Å². The number of halogens is 2. The predicted octanol–water partition coefficient (Wildman–Crippen LogP) is 5.40. The zero-order valence-electron chi connectivity index (χ0n) is 14.9. The number of rotatable bonds is 4. The van der Waals surface area contributed by atoms with Crippen LogP contribution in [-0.4, -0.2) is 22.8 Å². The summed E-state index contributed by atoms with van der Waals surface area (Å²) in [6.45, 7) is 1.95. The highest BCUT2D eigenvalue weighted by molar-refractivity contribution is 9.10. The summed E-state index contributed by atoms with van der Waals surface area (Å²) in [7, 11) is 0. The number of carbonyl (C=O) groups excluding carboxylic acids is 2. The van der Waals surface area contributed by atoms with Crippen molar-refractivity contribution >= 4 is 44.1 Å². The van der Waals surface area contributed by atoms with Crippen molar-refractivity contribution in [2.24, 2.45) is 0 Å². The van der Waals surface area contributed by atoms with Crippen LogP contribution in [0.5, 0.6) is 0 Å². The minimum atomic E-state index is -0.505. The molecule has 2 aromatic carbocycles. The third kappa shape index (κ3) is 2.99. The summed E-state index contributed by atoms with van der Waals surface area (Å²) in [6, 6.07) is 16.4. The predicted molar refractivity (Wildman–Crippen MR) is 108 cm³/mol. The lowest BCUT2D eigenvalue weighted by Gasteiger charge is -2.09. The lowest BCUT2D eigenvalue weighted by atomic mass is 10.1. The Morgan fingerprint density at radius 1 is 1.07 bits per heavy atom. The molecule has 0 aliphatic rings. The second-order valence-electron chi connectivity index (χ2n) is 6.23. The molecule has 0 radical (unpaired) electrons. The Balaban J connectivity index is 2.06. The van der Waals surface area contributed by atoms with Crippen LogP contribution < -0.4 is 0 Å². The molecule has 0 fully saturated rings. The molecule has 0 atom stereocenters. The van der Waals surface area contributed by atoms with Crippen LogP contribution in [0.1, 0.15) is 33.3 Å². The smallest absolute Gasteiger partial charge is 0.340 e. The van der Waals surface area contributed by atoms with Crippen molar-refractivity contribution in [1.29, 1.82) is 0 Å². The van der Waals surface area contributed by atoms with Crippen LogP contribution in [0.15, 0.2) is 65.1 Å². The minimum Gasteiger partial charge on any atom is -0.462 e. The maximum Gasteiger partial charge on any atom is 0.340 e. The summed E-state index contributed by atoms with van der Waals surface area (Å²) in [5.74, 6) is -1.24. The van der Waals surface area contributed by atoms with Gasteiger partial charge in [0, 0.05) is 10.0 Å². The summed E-state index contributed by atoms with van der Waals surface area (Å²) in [5, 5.41) is 0.904. The Morgan fingerprint density at radius 3 is 2.50 bits per heavy atom. The molecule has 0 saturated heterocycles. The summed E-state index contributed by atoms with van der Waals surface area (Å²) in [6.07, 6.45) is 0. The second kappa shape index (κ2) is 7.20. The molecule has 6 heteroatoms. The van der Waals surface area contributed by atoms with Crippen molar-refractivity contribution in [1.82, 2.24) is 4.40 Å². The van der Waals surface area contributed by atoms with Crippen LogP contribution in [0.4, 0.5) is 4.39 Å². The lowest BCUT2D eigenvalue weighted by Crippen LogP contribution is -2.06. The number of nitrogens with zero attached hydrogens (tertiary/aromatic N) is 1. The van der Waals surface area contributed by atoms with Gasteiger partial charge in [0.1, 0.15) is 5.82 Å². The molecule has 4 aromatic rings. The number of ether oxygens (including phenoxy) is 1. The van der Waals surface area contributed by atoms with E-state index in [0.717, 1.165) is 10.9 Å². The first-order valence-corrected chi connectivity index (χ1v) is 9.50. The quantitative estimate of drug-likeness (QED) is 0.315. The molecule has 0 saturated carbocycles. The number of para-hydroxylation sites is 1. The van der Waals surface area contributed by atoms with Gasteiger partial charge in [-0.25, -0.2) is 9.18 Å². The fraction of sp³-hybridized carbons (Fsp3) is 0.0909. The Labute approximate surface area is 168 Å². The van der Waals surface area contributed by atoms with Crippen molar-refractivity contribution in [2.75, 3.05) is 6.61 Å². The molecule has 0 spiro atoms. The van der Waals surface area contributed by atoms with Crippen molar-refractivity contribution in [3.63, 3.8) is 0 Å². The Kier molecular flexibility index (Phi) is 4.73. The number of benzene rings is 2. The lowest BCUT2D eigenvalue weighted by molar-refractivity contribution is 0.0528. The van der Waals surface area contributed by atoms with E-state index >= 15 is 0 Å². The van der Waals surface area contributed by atoms with Gasteiger partial charge in [0.15, 0.2) is 0 Å². The molecule has 0 aliphatic heterocycles. The number of pyridine rings is 1. The molecule has 0 amide bonds. The van der Waals surface area contributed by atoms with Crippen molar-refractivity contribution in [2.45, 2.75) is 6.92 Å². The third-order valence-corrected chi connectivity index (χ3v) is 5.13. The minimum absolute atomic E-state index is 0.225. The van der Waals surface area contributed by atoms with Gasteiger partial charge in [0.05, 0.1) is 28.9 Å². The van der Waals surface area contributed by atoms with Crippen LogP contribution >= 0.6 is 15.9 Å². The fourth-order valence-corrected chi connectivity index (χ4v) is 3.93. The first-order valence-electron chi connectivity index (χ1n) is 8.71. The van der Waals surface area contributed by atoms with Crippen LogP contribution in [0.25, 0.3) is 16.4 Å². The number of hydrogen-bond donors (Lipinski definition) is 0. The first kappa shape index (κ1) is 18.4. The molecule has 0 unspecified atom stereocenters. The van der Waals surface area contributed by atoms with Gasteiger partial charge in [-0.2, -0.15) is 0 Å². The average Bonchev–Trinajstić information content (AvgIpc) is 3.10. The molecule has 4 nitrogen and oxygen atoms in total. The zero-order chi connectivity index (χ0) is 19.8. The van der Waals surface area contributed by atoms with E-state index < -0.39 is 11.8 Å². The molecule has 0 bridgehead atoms. The van der Waals surface area contributed by atoms with Gasteiger partial charge in [0.2, 0.25) is 5.78 Å². The molecule has 2 aromatic heterocycles. The zero-order valence-corrected chi connectivity index (χ0v) is 16.5. The number of esters is 1. The maximum atomic E-state index is 13.3. The van der Waals surface area contributed by atoms with E-state index in [4.69, 9.17) is 4.74 Å². The molecular formula is C22H15BrFNO3. The number of carbonyl (C=O) groups is 2. The highest BCUT2D eigenvalue weighted by Gasteiger charge is 2.24. The third-order valence-electron chi connectivity index (χ3n) is 4.52. The Morgan fingerprint density at radius 2 is 1.79 bits per heavy atom. The van der Waals surface area contributed by atoms with Gasteiger partial charge in [0.25, 0.3) is 0 Å². The molecule has 2 heterocycles. The van der Waals surface area contributed by atoms with E-state index in [2.05, 4.69) is 15.9 Å². The largest absolute Gasteiger partial charge is 0.462 e. The number of fused-ring (bicyclic) bond motifs is 3. The summed E-state index contributed by atoms with van der Waals surface area (Å²) in [4.78, 5) is 25.8. The maximum absolute atomic E-state index is 13.3. The van der Waals surface area contributed by atoms with Crippen LogP contribution in [-0.2, 0) is 4.74 Å². The monoisotopic (exact) mass is 439 g/mol. The Bertz CT molecular complexity index is 1230. The second-order valence-corrected chi connectivity index (χ2v) is 7.09. The first-order chi connectivity index (χ1) is 13.5. The molecular weight excluding hydrogens is 425 g/mol. The van der Waals surface area contributed by atoms with Gasteiger partial charge in [-0.05, 0) is 70.7 Å². The SMILES string of the molecule is CCOC(=O)c1cc(C(=O)c2ccc(F)cc2)n2c1c(Br)cc1ccccc12. The topological polar surface area (TPSA) is 47.8 Å². The van der Waals surface area contributed by atoms with Crippen LogP contribution in [0.2, 0.25) is 0 Å². The fourth-order valence-electron chi connectivity index (χ4n) is 3.29. The Hall–Kier alpha value is -2.99. The molecule has 0 aliphatic carbocycles. The van der Waals surface area contributed by atoms with Crippen LogP contribution in [0.3, 0.4) is 0 Å². The van der Waals surface area contributed by atoms with E-state index in [9.17, 15) is 14.0 Å². The standard InChI is InChI=1S/C22H15BrFNO3/c1-2-28-22(27)16-12-19(21(26)13-7-9-15(24)10-8-13)25-18-6-4-3-5-14(18)11-17(23)20(16)25/h3-12H,2H2,1H3. The number of aromatic nitrogens is 1. The molecule has 0 N–H and O–H groups in total. The van der Waals surface area contributed by atoms with Gasteiger partial charge in [-0.3, -0.25) is 4.79 Å². The van der Waals surface area contributed by atoms with Gasteiger partial charge >= 0.3 is 5.97 Å². The van der Waals surface area contributed by atoms with Crippen molar-refractivity contribution in [3.8, 4) is 0 Å². The summed E-state index contributed by atoms with van der Waals surface area (Å²) < 4.78 is 20.9. The van der Waals surface area contributed by atoms with Gasteiger partial charge in [-0.1, -0.05) is 18.2 Å². The number of ketones is 1. The van der Waals surface area contributed by atoms with E-state index in [1.54, 1.807) is 11.3 Å². The van der Waals surface area contributed by atoms with E-state index in [1.807, 2.05) is 30.3 Å². The average molecular weight is 440 g/mol. The summed E-state index contributed by atoms with van der Waals surface area (Å²) in [5.41, 5.74) is 2.27. The van der Waals surface area contributed by atoms with E-state index in [0.29, 0.717) is 26.8 Å². The molecule has 28 heavy (non-hydrogen) atoms. The van der Waals surface area contributed by atoms with Crippen LogP contribution in [0, 0.1) is 5.82 Å². The summed E-state index contributed by atoms with van der Waals surface area (Å²) >= 11 is 3.53. The number of hydrogen-bond acceptors (Lipinski definition) is 3. The van der Waals surface area contributed by atoms with Gasteiger partial charge in [-0.15, -0.1) is 0 Å². The molecule has 140 valence electrons. The molecule has 4 rings (SSSR count). The van der Waals surface area contributed by atoms with Crippen molar-refractivity contribution < 1.29 is 18.7 Å². The van der Waals surface area contributed by atoms with Crippen molar-refractivity contribution in [3.05, 3.63) is 87.8 Å². The van der Waals surface area contributed by atoms with E-state index in [-0.39, 0.29) is 12.4 Å². The highest BCUT2D eigenvalue weighted by atomic mass is 79.9.